The quantitative estimate of drug-likeness (QED) is 0.0746. The number of hydrogen-bond donors (Lipinski definition) is 1. The number of nitrogens with one attached hydrogen (secondary N) is 1. The zero-order chi connectivity index (χ0) is 102. The summed E-state index contributed by atoms with van der Waals surface area (Å²) in [4.78, 5) is 61.3. The minimum atomic E-state index is -0.653. The number of morpholine rings is 4. The topological polar surface area (TPSA) is 240 Å². The van der Waals surface area contributed by atoms with E-state index in [1.54, 1.807) is 24.8 Å². The molecule has 760 valence electrons. The Morgan fingerprint density at radius 3 is 1.09 bits per heavy atom. The number of rotatable bonds is 20. The molecule has 0 bridgehead atoms. The van der Waals surface area contributed by atoms with Gasteiger partial charge in [0.05, 0.1) is 145 Å². The van der Waals surface area contributed by atoms with Crippen LogP contribution in [0.1, 0.15) is 95.5 Å². The summed E-state index contributed by atoms with van der Waals surface area (Å²) in [5, 5.41) is 15.9. The molecule has 1 N–H and O–H groups in total. The van der Waals surface area contributed by atoms with E-state index in [9.17, 15) is 18.8 Å². The molecule has 26 nitrogen and oxygen atoms in total. The molecule has 1 saturated carbocycles. The molecule has 1 amide bonds. The maximum atomic E-state index is 14.4. The van der Waals surface area contributed by atoms with Crippen LogP contribution in [0.5, 0.6) is 0 Å². The second-order valence-corrected chi connectivity index (χ2v) is 40.2. The zero-order valence-corrected chi connectivity index (χ0v) is 86.1. The standard InChI is InChI=1S/C25H20ClN5O.C23H19ClF2N4O.C23H26ClN3O2.C23H26ClN3O.C22H20ClN5O/c26-20-8-5-17(6-9-20)25-22(15-30-12-11-28-24(32)16-30)31-14-19(7-10-23(31)29-25)21-4-2-1-3-18(21)13-27;24-16-6-4-15(5-7-16)23-20(14-29-8-10-31-11-9-29)30-13-19(27-12-21(30)28-23)22-17(25)2-1-3-18(22)26;24-20-4-1-18(2-5-20)23-21(16-26-9-13-29-14-10-26)27-15-19(3-6-22(27)25-23)17-7-11-28-12-8-17;24-20-8-5-18(6-9-20)23-21(16-26-11-13-28-14-12-26)27-15-19(7-10-22(27)25-23)17-3-1-2-4-17;23-18-5-2-16(3-6-18)21-19(15-27-10-12-29-13-11-27)28-14-17(4-7-20(28)26-21)22-24-8-1-9-25-22/h1-10,14H,11-12,15-16H2,(H,28,32);1-7,12-13H,8-11,14H2;1-6,15,17H,7-14,16H2;5-10,15,17H,1-4,11-14,16H2;1-9,14H,10-13,15H2. The van der Waals surface area contributed by atoms with Gasteiger partial charge in [0.25, 0.3) is 0 Å². The third kappa shape index (κ3) is 24.2. The maximum Gasteiger partial charge on any atom is 0.234 e. The highest BCUT2D eigenvalue weighted by molar-refractivity contribution is 6.32. The number of hydrogen-bond acceptors (Lipinski definition) is 20. The number of nitriles is 1. The molecule has 0 spiro atoms. The Morgan fingerprint density at radius 1 is 0.342 bits per heavy atom. The van der Waals surface area contributed by atoms with Crippen LogP contribution in [0.3, 0.4) is 0 Å². The number of ether oxygens (including phenoxy) is 5. The molecule has 18 aromatic rings. The number of benzene rings is 7. The third-order valence-electron chi connectivity index (χ3n) is 28.4. The molecule has 33 heteroatoms. The number of aromatic nitrogens is 13. The van der Waals surface area contributed by atoms with Crippen LogP contribution in [0.25, 0.3) is 118 Å². The Kier molecular flexibility index (Phi) is 32.6. The molecule has 0 unspecified atom stereocenters. The predicted molar refractivity (Wildman–Crippen MR) is 579 cm³/mol. The number of carbonyl (C=O) groups is 1. The van der Waals surface area contributed by atoms with Gasteiger partial charge in [0, 0.05) is 219 Å². The lowest BCUT2D eigenvalue weighted by atomic mass is 9.93. The van der Waals surface area contributed by atoms with Gasteiger partial charge in [-0.05, 0) is 176 Å². The summed E-state index contributed by atoms with van der Waals surface area (Å²) in [6.07, 6.45) is 22.9. The molecule has 7 fully saturated rings. The number of imidazole rings is 5. The Hall–Kier alpha value is -13.1. The lowest BCUT2D eigenvalue weighted by Crippen LogP contribution is -2.47. The van der Waals surface area contributed by atoms with E-state index >= 15 is 0 Å². The SMILES string of the molecule is Clc1ccc(-c2nc3ccc(-c4ncccn4)cn3c2CN2CCOCC2)cc1.Clc1ccc(-c2nc3ccc(C4CCCC4)cn3c2CN2CCOCC2)cc1.Clc1ccc(-c2nc3ccc(C4CCOCC4)cn3c2CN2CCOCC2)cc1.Fc1cccc(F)c1-c1cn2c(CN3CCOCC3)c(-c3ccc(Cl)cc3)nc2cn1.N#Cc1ccccc1-c1ccc2nc(-c3ccc(Cl)cc3)c(CN3CCNC(=O)C3)n2c1. The van der Waals surface area contributed by atoms with Gasteiger partial charge >= 0.3 is 0 Å². The van der Waals surface area contributed by atoms with Crippen LogP contribution < -0.4 is 5.32 Å². The van der Waals surface area contributed by atoms with Gasteiger partial charge in [0.1, 0.15) is 34.2 Å². The number of halogens is 7. The largest absolute Gasteiger partial charge is 0.381 e. The highest BCUT2D eigenvalue weighted by atomic mass is 35.5. The van der Waals surface area contributed by atoms with E-state index in [-0.39, 0.29) is 17.2 Å². The molecule has 7 aromatic carbocycles. The van der Waals surface area contributed by atoms with Gasteiger partial charge in [0.2, 0.25) is 5.91 Å². The molecule has 6 saturated heterocycles. The molecule has 6 aliphatic heterocycles. The molecule has 0 radical (unpaired) electrons. The van der Waals surface area contributed by atoms with Crippen molar-refractivity contribution in [1.29, 1.82) is 5.26 Å². The first kappa shape index (κ1) is 102. The van der Waals surface area contributed by atoms with Crippen molar-refractivity contribution in [2.45, 2.75) is 83.1 Å². The maximum absolute atomic E-state index is 14.4. The summed E-state index contributed by atoms with van der Waals surface area (Å²) in [6, 6.07) is 71.3. The van der Waals surface area contributed by atoms with E-state index in [4.69, 9.17) is 107 Å². The number of carbonyl (C=O) groups excluding carboxylic acids is 1. The molecule has 25 rings (SSSR count). The van der Waals surface area contributed by atoms with Crippen LogP contribution in [-0.4, -0.2) is 230 Å². The van der Waals surface area contributed by atoms with Gasteiger partial charge in [-0.1, -0.05) is 168 Å². The number of fused-ring (bicyclic) bond motifs is 5. The summed E-state index contributed by atoms with van der Waals surface area (Å²) in [5.74, 6) is 0.683. The van der Waals surface area contributed by atoms with Gasteiger partial charge in [-0.25, -0.2) is 43.7 Å². The van der Waals surface area contributed by atoms with E-state index in [2.05, 4.69) is 136 Å². The number of amides is 1. The van der Waals surface area contributed by atoms with Crippen LogP contribution in [0.2, 0.25) is 25.1 Å². The molecular formula is C116H111Cl5F2N20O6. The Morgan fingerprint density at radius 2 is 0.685 bits per heavy atom. The third-order valence-corrected chi connectivity index (χ3v) is 29.7. The van der Waals surface area contributed by atoms with E-state index in [1.807, 2.05) is 162 Å². The molecule has 149 heavy (non-hydrogen) atoms. The van der Waals surface area contributed by atoms with Gasteiger partial charge < -0.3 is 46.6 Å². The Labute approximate surface area is 887 Å². The van der Waals surface area contributed by atoms with Crippen molar-refractivity contribution < 1.29 is 37.3 Å². The van der Waals surface area contributed by atoms with Crippen molar-refractivity contribution in [2.75, 3.05) is 138 Å². The smallest absolute Gasteiger partial charge is 0.234 e. The van der Waals surface area contributed by atoms with Crippen LogP contribution in [0, 0.1) is 23.0 Å². The summed E-state index contributed by atoms with van der Waals surface area (Å²) < 4.78 is 67.1. The monoisotopic (exact) mass is 2090 g/mol. The fourth-order valence-electron chi connectivity index (χ4n) is 20.5. The molecule has 7 aliphatic rings. The van der Waals surface area contributed by atoms with Gasteiger partial charge in [-0.3, -0.25) is 38.7 Å². The van der Waals surface area contributed by atoms with Crippen molar-refractivity contribution in [3.05, 3.63) is 350 Å². The first-order chi connectivity index (χ1) is 73.0. The van der Waals surface area contributed by atoms with Crippen LogP contribution in [0.4, 0.5) is 8.78 Å². The zero-order valence-electron chi connectivity index (χ0n) is 82.3. The second-order valence-electron chi connectivity index (χ2n) is 38.1. The molecule has 17 heterocycles. The molecule has 0 atom stereocenters. The van der Waals surface area contributed by atoms with Gasteiger partial charge in [0.15, 0.2) is 11.5 Å². The minimum absolute atomic E-state index is 0.0294. The summed E-state index contributed by atoms with van der Waals surface area (Å²) >= 11 is 30.5. The highest BCUT2D eigenvalue weighted by Crippen LogP contribution is 2.40. The van der Waals surface area contributed by atoms with Crippen LogP contribution in [-0.2, 0) is 61.2 Å². The summed E-state index contributed by atoms with van der Waals surface area (Å²) in [5.41, 5.74) is 26.1. The number of pyridine rings is 4. The lowest BCUT2D eigenvalue weighted by Gasteiger charge is -2.27. The molecule has 1 aliphatic carbocycles. The fourth-order valence-corrected chi connectivity index (χ4v) is 21.1. The fraction of sp³-hybridized carbons (Fsp3) is 0.293. The van der Waals surface area contributed by atoms with E-state index in [0.717, 1.165) is 272 Å². The van der Waals surface area contributed by atoms with Crippen molar-refractivity contribution in [3.63, 3.8) is 0 Å². The van der Waals surface area contributed by atoms with Crippen molar-refractivity contribution >= 4 is 92.1 Å². The summed E-state index contributed by atoms with van der Waals surface area (Å²) in [7, 11) is 0. The number of nitrogens with zero attached hydrogens (tertiary/aromatic N) is 19. The van der Waals surface area contributed by atoms with E-state index < -0.39 is 11.6 Å². The van der Waals surface area contributed by atoms with Crippen molar-refractivity contribution in [3.8, 4) is 96.1 Å². The number of piperazine rings is 1. The Bertz CT molecular complexity index is 7730. The Balaban J connectivity index is 0.000000109. The molecular weight excluding hydrogens is 1980 g/mol. The second kappa shape index (κ2) is 47.8. The van der Waals surface area contributed by atoms with Crippen molar-refractivity contribution in [1.82, 2.24) is 91.7 Å². The van der Waals surface area contributed by atoms with Gasteiger partial charge in [-0.2, -0.15) is 5.26 Å². The highest BCUT2D eigenvalue weighted by Gasteiger charge is 2.30. The van der Waals surface area contributed by atoms with Gasteiger partial charge in [-0.15, -0.1) is 0 Å². The summed E-state index contributed by atoms with van der Waals surface area (Å²) in [6.45, 7) is 20.5. The lowest BCUT2D eigenvalue weighted by molar-refractivity contribution is -0.124. The normalized spacial score (nSPS) is 16.4. The van der Waals surface area contributed by atoms with Crippen LogP contribution in [0.15, 0.2) is 268 Å². The first-order valence-corrected chi connectivity index (χ1v) is 52.6. The average Bonchev–Trinajstić information content (AvgIpc) is 1.64. The van der Waals surface area contributed by atoms with E-state index in [0.29, 0.717) is 78.3 Å². The predicted octanol–water partition coefficient (Wildman–Crippen LogP) is 22.4. The van der Waals surface area contributed by atoms with Crippen molar-refractivity contribution in [2.24, 2.45) is 0 Å². The minimum Gasteiger partial charge on any atom is -0.381 e. The first-order valence-electron chi connectivity index (χ1n) is 50.7. The molecule has 11 aromatic heterocycles. The van der Waals surface area contributed by atoms with Crippen LogP contribution >= 0.6 is 58.0 Å². The average molecular weight is 2100 g/mol. The van der Waals surface area contributed by atoms with E-state index in [1.165, 1.54) is 66.4 Å².